The summed E-state index contributed by atoms with van der Waals surface area (Å²) < 4.78 is 0. The molecule has 3 unspecified atom stereocenters. The van der Waals surface area contributed by atoms with E-state index in [0.29, 0.717) is 11.6 Å². The zero-order valence-electron chi connectivity index (χ0n) is 14.0. The van der Waals surface area contributed by atoms with Crippen molar-refractivity contribution in [2.45, 2.75) is 57.6 Å². The number of carbonyl (C=O) groups is 1. The fourth-order valence-corrected chi connectivity index (χ4v) is 4.02. The number of aliphatic hydroxyl groups is 1. The second-order valence-corrected chi connectivity index (χ2v) is 6.69. The van der Waals surface area contributed by atoms with Crippen LogP contribution in [0.5, 0.6) is 0 Å². The molecule has 2 aliphatic rings. The molecule has 3 atom stereocenters. The quantitative estimate of drug-likeness (QED) is 0.891. The van der Waals surface area contributed by atoms with Gasteiger partial charge >= 0.3 is 0 Å². The van der Waals surface area contributed by atoms with Crippen LogP contribution in [0.15, 0.2) is 6.07 Å². The molecule has 1 saturated carbocycles. The van der Waals surface area contributed by atoms with E-state index in [0.717, 1.165) is 50.8 Å². The van der Waals surface area contributed by atoms with E-state index in [1.165, 1.54) is 0 Å². The molecule has 1 saturated heterocycles. The zero-order valence-corrected chi connectivity index (χ0v) is 14.0. The van der Waals surface area contributed by atoms with Crippen LogP contribution in [0, 0.1) is 12.8 Å². The van der Waals surface area contributed by atoms with Crippen LogP contribution in [0.2, 0.25) is 0 Å². The van der Waals surface area contributed by atoms with Crippen molar-refractivity contribution < 1.29 is 9.90 Å². The van der Waals surface area contributed by atoms with E-state index in [9.17, 15) is 9.90 Å². The number of hydrogen-bond donors (Lipinski definition) is 2. The van der Waals surface area contributed by atoms with Gasteiger partial charge in [-0.15, -0.1) is 0 Å². The van der Waals surface area contributed by atoms with Crippen LogP contribution in [-0.2, 0) is 0 Å². The Hall–Kier alpha value is -1.69. The first kappa shape index (κ1) is 16.2. The first-order chi connectivity index (χ1) is 11.1. The Kier molecular flexibility index (Phi) is 4.80. The Morgan fingerprint density at radius 3 is 2.78 bits per heavy atom. The van der Waals surface area contributed by atoms with E-state index in [-0.39, 0.29) is 24.0 Å². The van der Waals surface area contributed by atoms with Crippen molar-refractivity contribution in [2.75, 3.05) is 18.9 Å². The summed E-state index contributed by atoms with van der Waals surface area (Å²) in [6, 6.07) is 1.89. The van der Waals surface area contributed by atoms with Crippen molar-refractivity contribution in [3.05, 3.63) is 17.5 Å². The van der Waals surface area contributed by atoms with Crippen molar-refractivity contribution >= 4 is 11.9 Å². The Labute approximate surface area is 137 Å². The monoisotopic (exact) mass is 318 g/mol. The number of carbonyl (C=O) groups excluding carboxylic acids is 1. The molecule has 1 aliphatic heterocycles. The summed E-state index contributed by atoms with van der Waals surface area (Å²) in [5.41, 5.74) is 1.22. The van der Waals surface area contributed by atoms with Crippen molar-refractivity contribution in [3.8, 4) is 0 Å². The topological polar surface area (TPSA) is 78.4 Å². The molecule has 6 heteroatoms. The van der Waals surface area contributed by atoms with Gasteiger partial charge in [0, 0.05) is 31.2 Å². The highest BCUT2D eigenvalue weighted by molar-refractivity contribution is 5.93. The van der Waals surface area contributed by atoms with Crippen molar-refractivity contribution in [1.29, 1.82) is 0 Å². The first-order valence-corrected chi connectivity index (χ1v) is 8.62. The van der Waals surface area contributed by atoms with E-state index >= 15 is 0 Å². The average Bonchev–Trinajstić information content (AvgIpc) is 3.03. The molecule has 23 heavy (non-hydrogen) atoms. The second kappa shape index (κ2) is 6.83. The zero-order chi connectivity index (χ0) is 16.4. The Bertz CT molecular complexity index is 578. The van der Waals surface area contributed by atoms with Crippen LogP contribution < -0.4 is 5.32 Å². The predicted molar refractivity (Wildman–Crippen MR) is 88.3 cm³/mol. The lowest BCUT2D eigenvalue weighted by Crippen LogP contribution is -2.45. The number of rotatable bonds is 3. The van der Waals surface area contributed by atoms with Gasteiger partial charge in [-0.2, -0.15) is 0 Å². The summed E-state index contributed by atoms with van der Waals surface area (Å²) in [5, 5.41) is 13.3. The normalized spacial score (nSPS) is 28.0. The van der Waals surface area contributed by atoms with Gasteiger partial charge in [0.05, 0.1) is 6.10 Å². The average molecular weight is 318 g/mol. The molecule has 1 amide bonds. The minimum absolute atomic E-state index is 0.0349. The minimum atomic E-state index is -0.276. The third-order valence-corrected chi connectivity index (χ3v) is 5.13. The van der Waals surface area contributed by atoms with Crippen molar-refractivity contribution in [2.24, 2.45) is 5.92 Å². The van der Waals surface area contributed by atoms with Crippen LogP contribution in [0.25, 0.3) is 0 Å². The van der Waals surface area contributed by atoms with Crippen LogP contribution in [0.4, 0.5) is 5.95 Å². The summed E-state index contributed by atoms with van der Waals surface area (Å²) in [7, 11) is 1.75. The van der Waals surface area contributed by atoms with Gasteiger partial charge < -0.3 is 15.3 Å². The van der Waals surface area contributed by atoms with Crippen LogP contribution in [0.1, 0.15) is 54.7 Å². The molecule has 1 aliphatic carbocycles. The Morgan fingerprint density at radius 1 is 1.26 bits per heavy atom. The van der Waals surface area contributed by atoms with Gasteiger partial charge in [0.1, 0.15) is 5.69 Å². The number of hydrogen-bond acceptors (Lipinski definition) is 5. The SMILES string of the molecule is CNc1nc(C)cc(C(=O)N2CCCC2C2CCCCC2O)n1. The third-order valence-electron chi connectivity index (χ3n) is 5.13. The molecule has 1 aromatic rings. The number of nitrogens with zero attached hydrogens (tertiary/aromatic N) is 3. The molecule has 0 aromatic carbocycles. The molecule has 126 valence electrons. The highest BCUT2D eigenvalue weighted by Crippen LogP contribution is 2.35. The van der Waals surface area contributed by atoms with Gasteiger partial charge in [-0.25, -0.2) is 9.97 Å². The summed E-state index contributed by atoms with van der Waals surface area (Å²) in [6.45, 7) is 2.62. The number of aryl methyl sites for hydroxylation is 1. The van der Waals surface area contributed by atoms with Gasteiger partial charge in [0.15, 0.2) is 0 Å². The molecule has 2 N–H and O–H groups in total. The molecule has 2 heterocycles. The maximum absolute atomic E-state index is 13.0. The predicted octanol–water partition coefficient (Wildman–Crippen LogP) is 1.98. The van der Waals surface area contributed by atoms with Crippen LogP contribution >= 0.6 is 0 Å². The van der Waals surface area contributed by atoms with E-state index in [1.807, 2.05) is 11.8 Å². The Morgan fingerprint density at radius 2 is 2.04 bits per heavy atom. The first-order valence-electron chi connectivity index (χ1n) is 8.62. The van der Waals surface area contributed by atoms with Crippen LogP contribution in [-0.4, -0.2) is 51.6 Å². The molecule has 6 nitrogen and oxygen atoms in total. The van der Waals surface area contributed by atoms with E-state index in [2.05, 4.69) is 15.3 Å². The summed E-state index contributed by atoms with van der Waals surface area (Å²) in [4.78, 5) is 23.5. The number of anilines is 1. The summed E-state index contributed by atoms with van der Waals surface area (Å²) >= 11 is 0. The summed E-state index contributed by atoms with van der Waals surface area (Å²) in [5.74, 6) is 0.649. The lowest BCUT2D eigenvalue weighted by atomic mass is 9.80. The standard InChI is InChI=1S/C17H26N4O2/c1-11-10-13(20-17(18-2)19-11)16(23)21-9-5-7-14(21)12-6-3-4-8-15(12)22/h10,12,14-15,22H,3-9H2,1-2H3,(H,18,19,20). The highest BCUT2D eigenvalue weighted by atomic mass is 16.3. The number of amides is 1. The number of aromatic nitrogens is 2. The molecular formula is C17H26N4O2. The maximum Gasteiger partial charge on any atom is 0.272 e. The molecule has 0 radical (unpaired) electrons. The van der Waals surface area contributed by atoms with Gasteiger partial charge in [-0.05, 0) is 38.7 Å². The maximum atomic E-state index is 13.0. The van der Waals surface area contributed by atoms with Crippen molar-refractivity contribution in [3.63, 3.8) is 0 Å². The Balaban J connectivity index is 1.81. The fourth-order valence-electron chi connectivity index (χ4n) is 4.02. The van der Waals surface area contributed by atoms with Gasteiger partial charge in [0.2, 0.25) is 5.95 Å². The van der Waals surface area contributed by atoms with Gasteiger partial charge in [-0.1, -0.05) is 12.8 Å². The molecule has 3 rings (SSSR count). The van der Waals surface area contributed by atoms with E-state index < -0.39 is 0 Å². The molecule has 1 aromatic heterocycles. The molecule has 0 bridgehead atoms. The highest BCUT2D eigenvalue weighted by Gasteiger charge is 2.39. The molecule has 2 fully saturated rings. The minimum Gasteiger partial charge on any atom is -0.393 e. The lowest BCUT2D eigenvalue weighted by Gasteiger charge is -2.37. The molecule has 0 spiro atoms. The lowest BCUT2D eigenvalue weighted by molar-refractivity contribution is 0.0209. The fraction of sp³-hybridized carbons (Fsp3) is 0.706. The number of aliphatic hydroxyl groups excluding tert-OH is 1. The van der Waals surface area contributed by atoms with E-state index in [1.54, 1.807) is 13.1 Å². The number of likely N-dealkylation sites (tertiary alicyclic amines) is 1. The van der Waals surface area contributed by atoms with Gasteiger partial charge in [-0.3, -0.25) is 4.79 Å². The van der Waals surface area contributed by atoms with E-state index in [4.69, 9.17) is 0 Å². The smallest absolute Gasteiger partial charge is 0.272 e. The molecular weight excluding hydrogens is 292 g/mol. The third kappa shape index (κ3) is 3.32. The second-order valence-electron chi connectivity index (χ2n) is 6.69. The van der Waals surface area contributed by atoms with Gasteiger partial charge in [0.25, 0.3) is 5.91 Å². The van der Waals surface area contributed by atoms with Crippen molar-refractivity contribution in [1.82, 2.24) is 14.9 Å². The number of nitrogens with one attached hydrogen (secondary N) is 1. The van der Waals surface area contributed by atoms with Crippen LogP contribution in [0.3, 0.4) is 0 Å². The largest absolute Gasteiger partial charge is 0.393 e. The summed E-state index contributed by atoms with van der Waals surface area (Å²) in [6.07, 6.45) is 5.83.